The zero-order valence-corrected chi connectivity index (χ0v) is 18.3. The van der Waals surface area contributed by atoms with Gasteiger partial charge in [-0.3, -0.25) is 14.8 Å². The van der Waals surface area contributed by atoms with Crippen molar-refractivity contribution in [3.8, 4) is 0 Å². The third-order valence-corrected chi connectivity index (χ3v) is 5.74. The predicted octanol–water partition coefficient (Wildman–Crippen LogP) is 3.38. The summed E-state index contributed by atoms with van der Waals surface area (Å²) in [5.41, 5.74) is 0.934. The highest BCUT2D eigenvalue weighted by molar-refractivity contribution is 7.92. The minimum atomic E-state index is -3.84. The predicted molar refractivity (Wildman–Crippen MR) is 122 cm³/mol. The number of hydrogen-bond acceptors (Lipinski definition) is 6. The van der Waals surface area contributed by atoms with Crippen LogP contribution in [0.4, 0.5) is 16.2 Å². The molecule has 0 aliphatic heterocycles. The summed E-state index contributed by atoms with van der Waals surface area (Å²) < 4.78 is 32.4. The summed E-state index contributed by atoms with van der Waals surface area (Å²) in [5, 5.41) is 4.56. The molecule has 0 spiro atoms. The third-order valence-electron chi connectivity index (χ3n) is 4.35. The molecule has 33 heavy (non-hydrogen) atoms. The summed E-state index contributed by atoms with van der Waals surface area (Å²) in [6.07, 6.45) is -1.26. The topological polar surface area (TPSA) is 131 Å². The number of sulfonamides is 1. The van der Waals surface area contributed by atoms with Crippen LogP contribution >= 0.6 is 0 Å². The van der Waals surface area contributed by atoms with Crippen LogP contribution in [0.5, 0.6) is 0 Å². The van der Waals surface area contributed by atoms with Crippen LogP contribution < -0.4 is 15.4 Å². The highest BCUT2D eigenvalue weighted by Gasteiger charge is 2.22. The van der Waals surface area contributed by atoms with E-state index in [9.17, 15) is 22.8 Å². The van der Waals surface area contributed by atoms with Gasteiger partial charge in [0.05, 0.1) is 10.5 Å². The number of carbonyl (C=O) groups excluding carboxylic acids is 3. The molecule has 3 aromatic rings. The first kappa shape index (κ1) is 23.5. The van der Waals surface area contributed by atoms with Crippen LogP contribution in [0.25, 0.3) is 0 Å². The summed E-state index contributed by atoms with van der Waals surface area (Å²) in [4.78, 5) is 36.3. The molecule has 1 atom stereocenters. The number of carbonyl (C=O) groups is 3. The number of amides is 3. The molecule has 3 aromatic carbocycles. The van der Waals surface area contributed by atoms with Crippen molar-refractivity contribution in [2.45, 2.75) is 17.9 Å². The number of ether oxygens (including phenoxy) is 1. The van der Waals surface area contributed by atoms with Gasteiger partial charge in [0.25, 0.3) is 15.9 Å². The Balaban J connectivity index is 1.56. The number of hydrogen-bond donors (Lipinski definition) is 3. The van der Waals surface area contributed by atoms with Crippen LogP contribution in [0.15, 0.2) is 89.8 Å². The third kappa shape index (κ3) is 6.65. The number of esters is 1. The monoisotopic (exact) mass is 467 g/mol. The van der Waals surface area contributed by atoms with E-state index in [4.69, 9.17) is 4.74 Å². The number of benzene rings is 3. The second-order valence-electron chi connectivity index (χ2n) is 6.85. The molecule has 1 unspecified atom stereocenters. The lowest BCUT2D eigenvalue weighted by molar-refractivity contribution is -0.127. The molecule has 170 valence electrons. The van der Waals surface area contributed by atoms with E-state index in [1.54, 1.807) is 60.7 Å². The number of anilines is 2. The smallest absolute Gasteiger partial charge is 0.338 e. The van der Waals surface area contributed by atoms with E-state index in [1.165, 1.54) is 31.2 Å². The summed E-state index contributed by atoms with van der Waals surface area (Å²) in [6.45, 7) is 1.31. The fourth-order valence-electron chi connectivity index (χ4n) is 2.67. The second-order valence-corrected chi connectivity index (χ2v) is 8.54. The Bertz CT molecular complexity index is 1230. The van der Waals surface area contributed by atoms with Gasteiger partial charge < -0.3 is 10.1 Å². The summed E-state index contributed by atoms with van der Waals surface area (Å²) in [6, 6.07) is 21.1. The Morgan fingerprint density at radius 1 is 0.788 bits per heavy atom. The molecular formula is C23H21N3O6S. The van der Waals surface area contributed by atoms with Gasteiger partial charge in [-0.25, -0.2) is 18.0 Å². The standard InChI is InChI=1S/C23H21N3O6S/c1-16(21(27)25-23(29)24-18-8-4-2-5-9-18)32-22(28)17-12-14-20(15-13-17)33(30,31)26-19-10-6-3-7-11-19/h2-16,26H,1H3,(H2,24,25,27,29). The largest absolute Gasteiger partial charge is 0.449 e. The first-order valence-electron chi connectivity index (χ1n) is 9.80. The molecule has 3 amide bonds. The van der Waals surface area contributed by atoms with E-state index in [-0.39, 0.29) is 10.5 Å². The van der Waals surface area contributed by atoms with E-state index in [2.05, 4.69) is 15.4 Å². The lowest BCUT2D eigenvalue weighted by Gasteiger charge is -2.14. The van der Waals surface area contributed by atoms with Crippen LogP contribution in [0, 0.1) is 0 Å². The molecule has 10 heteroatoms. The quantitative estimate of drug-likeness (QED) is 0.457. The summed E-state index contributed by atoms with van der Waals surface area (Å²) in [5.74, 6) is -1.66. The van der Waals surface area contributed by atoms with Crippen molar-refractivity contribution in [2.24, 2.45) is 0 Å². The van der Waals surface area contributed by atoms with Crippen molar-refractivity contribution in [1.82, 2.24) is 5.32 Å². The Morgan fingerprint density at radius 3 is 1.91 bits per heavy atom. The zero-order chi connectivity index (χ0) is 23.8. The van der Waals surface area contributed by atoms with Crippen molar-refractivity contribution in [2.75, 3.05) is 10.0 Å². The van der Waals surface area contributed by atoms with Crippen LogP contribution in [-0.2, 0) is 19.6 Å². The molecule has 0 radical (unpaired) electrons. The van der Waals surface area contributed by atoms with Gasteiger partial charge in [-0.15, -0.1) is 0 Å². The van der Waals surface area contributed by atoms with Crippen LogP contribution in [0.3, 0.4) is 0 Å². The van der Waals surface area contributed by atoms with Crippen molar-refractivity contribution < 1.29 is 27.5 Å². The van der Waals surface area contributed by atoms with Crippen LogP contribution in [0.2, 0.25) is 0 Å². The van der Waals surface area contributed by atoms with Gasteiger partial charge in [0, 0.05) is 11.4 Å². The minimum absolute atomic E-state index is 0.0436. The average molecular weight is 468 g/mol. The van der Waals surface area contributed by atoms with Gasteiger partial charge in [-0.1, -0.05) is 36.4 Å². The molecule has 0 saturated heterocycles. The SMILES string of the molecule is CC(OC(=O)c1ccc(S(=O)(=O)Nc2ccccc2)cc1)C(=O)NC(=O)Nc1ccccc1. The number of nitrogens with one attached hydrogen (secondary N) is 3. The number of urea groups is 1. The van der Waals surface area contributed by atoms with Gasteiger partial charge in [-0.2, -0.15) is 0 Å². The fourth-order valence-corrected chi connectivity index (χ4v) is 3.73. The Labute approximate surface area is 190 Å². The van der Waals surface area contributed by atoms with Crippen molar-refractivity contribution in [3.63, 3.8) is 0 Å². The van der Waals surface area contributed by atoms with Crippen molar-refractivity contribution in [3.05, 3.63) is 90.5 Å². The Morgan fingerprint density at radius 2 is 1.33 bits per heavy atom. The maximum absolute atomic E-state index is 12.5. The number of rotatable bonds is 7. The first-order valence-corrected chi connectivity index (χ1v) is 11.3. The van der Waals surface area contributed by atoms with Gasteiger partial charge in [0.15, 0.2) is 6.10 Å². The number of imide groups is 1. The highest BCUT2D eigenvalue weighted by atomic mass is 32.2. The molecule has 0 aliphatic carbocycles. The molecular weight excluding hydrogens is 446 g/mol. The second kappa shape index (κ2) is 10.4. The summed E-state index contributed by atoms with van der Waals surface area (Å²) >= 11 is 0. The summed E-state index contributed by atoms with van der Waals surface area (Å²) in [7, 11) is -3.84. The minimum Gasteiger partial charge on any atom is -0.449 e. The van der Waals surface area contributed by atoms with E-state index in [0.717, 1.165) is 0 Å². The molecule has 0 saturated carbocycles. The van der Waals surface area contributed by atoms with Crippen LogP contribution in [0.1, 0.15) is 17.3 Å². The van der Waals surface area contributed by atoms with E-state index in [1.807, 2.05) is 0 Å². The lowest BCUT2D eigenvalue weighted by Crippen LogP contribution is -2.41. The van der Waals surface area contributed by atoms with Crippen molar-refractivity contribution in [1.29, 1.82) is 0 Å². The zero-order valence-electron chi connectivity index (χ0n) is 17.5. The molecule has 9 nitrogen and oxygen atoms in total. The maximum Gasteiger partial charge on any atom is 0.338 e. The van der Waals surface area contributed by atoms with Gasteiger partial charge >= 0.3 is 12.0 Å². The lowest BCUT2D eigenvalue weighted by atomic mass is 10.2. The molecule has 3 N–H and O–H groups in total. The molecule has 0 bridgehead atoms. The highest BCUT2D eigenvalue weighted by Crippen LogP contribution is 2.17. The van der Waals surface area contributed by atoms with E-state index >= 15 is 0 Å². The Kier molecular flexibility index (Phi) is 7.42. The average Bonchev–Trinajstić information content (AvgIpc) is 2.80. The van der Waals surface area contributed by atoms with Gasteiger partial charge in [0.2, 0.25) is 0 Å². The molecule has 0 fully saturated rings. The first-order chi connectivity index (χ1) is 15.7. The molecule has 0 heterocycles. The fraction of sp³-hybridized carbons (Fsp3) is 0.0870. The molecule has 0 aliphatic rings. The maximum atomic E-state index is 12.5. The normalized spacial score (nSPS) is 11.7. The number of para-hydroxylation sites is 2. The van der Waals surface area contributed by atoms with Gasteiger partial charge in [-0.05, 0) is 55.5 Å². The Hall–Kier alpha value is -4.18. The molecule has 0 aromatic heterocycles. The van der Waals surface area contributed by atoms with Crippen LogP contribution in [-0.4, -0.2) is 32.4 Å². The van der Waals surface area contributed by atoms with E-state index < -0.39 is 34.0 Å². The van der Waals surface area contributed by atoms with E-state index in [0.29, 0.717) is 11.4 Å². The molecule has 3 rings (SSSR count). The van der Waals surface area contributed by atoms with Gasteiger partial charge in [0.1, 0.15) is 0 Å². The van der Waals surface area contributed by atoms with Crippen molar-refractivity contribution >= 4 is 39.3 Å².